The predicted molar refractivity (Wildman–Crippen MR) is 68.8 cm³/mol. The molecule has 0 heteroatoms. The van der Waals surface area contributed by atoms with Crippen molar-refractivity contribution in [3.63, 3.8) is 0 Å². The van der Waals surface area contributed by atoms with E-state index in [1.165, 1.54) is 29.5 Å². The van der Waals surface area contributed by atoms with Gasteiger partial charge in [0.15, 0.2) is 0 Å². The Bertz CT molecular complexity index is 369. The van der Waals surface area contributed by atoms with Crippen LogP contribution in [-0.4, -0.2) is 0 Å². The van der Waals surface area contributed by atoms with Crippen molar-refractivity contribution in [3.05, 3.63) is 66.8 Å². The molecule has 0 aliphatic heterocycles. The number of benzene rings is 1. The Morgan fingerprint density at radius 1 is 1.07 bits per heavy atom. The van der Waals surface area contributed by atoms with E-state index >= 15 is 0 Å². The minimum absolute atomic E-state index is 1.18. The Morgan fingerprint density at radius 2 is 1.80 bits per heavy atom. The minimum atomic E-state index is 1.18. The lowest BCUT2D eigenvalue weighted by molar-refractivity contribution is 1.04. The first-order valence-corrected chi connectivity index (χ1v) is 5.30. The molecule has 15 heavy (non-hydrogen) atoms. The Balaban J connectivity index is 0.000000531. The van der Waals surface area contributed by atoms with Gasteiger partial charge in [-0.25, -0.2) is 0 Å². The maximum absolute atomic E-state index is 3.00. The van der Waals surface area contributed by atoms with E-state index in [1.807, 2.05) is 0 Å². The molecule has 0 bridgehead atoms. The SMILES string of the molecule is C=C.Cc1ccccc1C1=CCCC=C1. The van der Waals surface area contributed by atoms with Gasteiger partial charge in [0, 0.05) is 0 Å². The second-order valence-electron chi connectivity index (χ2n) is 3.45. The zero-order valence-corrected chi connectivity index (χ0v) is 9.37. The van der Waals surface area contributed by atoms with Crippen LogP contribution in [0.5, 0.6) is 0 Å². The summed E-state index contributed by atoms with van der Waals surface area (Å²) < 4.78 is 0. The summed E-state index contributed by atoms with van der Waals surface area (Å²) in [7, 11) is 0. The quantitative estimate of drug-likeness (QED) is 0.581. The molecule has 0 nitrogen and oxygen atoms in total. The lowest BCUT2D eigenvalue weighted by Gasteiger charge is -2.09. The summed E-state index contributed by atoms with van der Waals surface area (Å²) in [5, 5.41) is 0. The van der Waals surface area contributed by atoms with Crippen LogP contribution in [0, 0.1) is 6.92 Å². The molecule has 0 N–H and O–H groups in total. The van der Waals surface area contributed by atoms with E-state index in [2.05, 4.69) is 62.6 Å². The smallest absolute Gasteiger partial charge is 0.0158 e. The fourth-order valence-corrected chi connectivity index (χ4v) is 1.71. The Hall–Kier alpha value is -1.56. The molecule has 1 aliphatic rings. The van der Waals surface area contributed by atoms with Crippen LogP contribution in [0.4, 0.5) is 0 Å². The zero-order chi connectivity index (χ0) is 11.1. The van der Waals surface area contributed by atoms with E-state index in [0.717, 1.165) is 0 Å². The van der Waals surface area contributed by atoms with Crippen LogP contribution in [0.3, 0.4) is 0 Å². The molecule has 0 heterocycles. The van der Waals surface area contributed by atoms with Gasteiger partial charge < -0.3 is 0 Å². The van der Waals surface area contributed by atoms with Crippen LogP contribution in [0.1, 0.15) is 24.0 Å². The molecule has 0 saturated carbocycles. The summed E-state index contributed by atoms with van der Waals surface area (Å²) in [5.74, 6) is 0. The van der Waals surface area contributed by atoms with Gasteiger partial charge in [-0.1, -0.05) is 42.5 Å². The fraction of sp³-hybridized carbons (Fsp3) is 0.200. The molecule has 1 aliphatic carbocycles. The van der Waals surface area contributed by atoms with Crippen molar-refractivity contribution < 1.29 is 0 Å². The topological polar surface area (TPSA) is 0 Å². The highest BCUT2D eigenvalue weighted by molar-refractivity contribution is 5.76. The highest BCUT2D eigenvalue weighted by atomic mass is 14.1. The number of hydrogen-bond donors (Lipinski definition) is 0. The third kappa shape index (κ3) is 2.95. The molecule has 1 aromatic rings. The van der Waals surface area contributed by atoms with Crippen molar-refractivity contribution in [3.8, 4) is 0 Å². The number of hydrogen-bond acceptors (Lipinski definition) is 0. The van der Waals surface area contributed by atoms with Crippen LogP contribution in [0.15, 0.2) is 55.7 Å². The van der Waals surface area contributed by atoms with Crippen LogP contribution >= 0.6 is 0 Å². The highest BCUT2D eigenvalue weighted by Crippen LogP contribution is 2.23. The van der Waals surface area contributed by atoms with Crippen molar-refractivity contribution in [2.45, 2.75) is 19.8 Å². The maximum Gasteiger partial charge on any atom is -0.0158 e. The Morgan fingerprint density at radius 3 is 2.40 bits per heavy atom. The number of rotatable bonds is 1. The third-order valence-corrected chi connectivity index (χ3v) is 2.45. The standard InChI is InChI=1S/C13H14.C2H4/c1-11-7-5-6-10-13(11)12-8-3-2-4-9-12;1-2/h3,5-10H,2,4H2,1H3;1-2H2. The van der Waals surface area contributed by atoms with Crippen LogP contribution in [0.25, 0.3) is 5.57 Å². The summed E-state index contributed by atoms with van der Waals surface area (Å²) in [4.78, 5) is 0. The summed E-state index contributed by atoms with van der Waals surface area (Å²) in [6, 6.07) is 8.55. The number of allylic oxidation sites excluding steroid dienone is 4. The average Bonchev–Trinajstić information content (AvgIpc) is 2.33. The second kappa shape index (κ2) is 6.02. The van der Waals surface area contributed by atoms with E-state index in [9.17, 15) is 0 Å². The van der Waals surface area contributed by atoms with Gasteiger partial charge in [-0.05, 0) is 36.5 Å². The molecule has 2 rings (SSSR count). The van der Waals surface area contributed by atoms with E-state index in [1.54, 1.807) is 0 Å². The highest BCUT2D eigenvalue weighted by Gasteiger charge is 2.02. The molecule has 0 amide bonds. The first-order chi connectivity index (χ1) is 7.38. The van der Waals surface area contributed by atoms with Crippen molar-refractivity contribution in [2.24, 2.45) is 0 Å². The van der Waals surface area contributed by atoms with Gasteiger partial charge in [-0.15, -0.1) is 13.2 Å². The first kappa shape index (κ1) is 11.5. The van der Waals surface area contributed by atoms with E-state index in [-0.39, 0.29) is 0 Å². The van der Waals surface area contributed by atoms with Gasteiger partial charge in [-0.3, -0.25) is 0 Å². The van der Waals surface area contributed by atoms with Gasteiger partial charge in [-0.2, -0.15) is 0 Å². The van der Waals surface area contributed by atoms with Crippen molar-refractivity contribution >= 4 is 5.57 Å². The minimum Gasteiger partial charge on any atom is -0.106 e. The Labute approximate surface area is 92.6 Å². The van der Waals surface area contributed by atoms with Gasteiger partial charge in [0.2, 0.25) is 0 Å². The molecule has 0 spiro atoms. The second-order valence-corrected chi connectivity index (χ2v) is 3.45. The molecular formula is C15H18. The first-order valence-electron chi connectivity index (χ1n) is 5.30. The molecule has 0 atom stereocenters. The summed E-state index contributed by atoms with van der Waals surface area (Å²) in [5.41, 5.74) is 4.11. The molecule has 0 unspecified atom stereocenters. The monoisotopic (exact) mass is 198 g/mol. The van der Waals surface area contributed by atoms with Crippen LogP contribution in [-0.2, 0) is 0 Å². The lowest BCUT2D eigenvalue weighted by atomic mass is 9.96. The Kier molecular flexibility index (Phi) is 4.62. The molecule has 0 radical (unpaired) electrons. The molecule has 1 aromatic carbocycles. The van der Waals surface area contributed by atoms with Crippen molar-refractivity contribution in [1.82, 2.24) is 0 Å². The van der Waals surface area contributed by atoms with Crippen molar-refractivity contribution in [2.75, 3.05) is 0 Å². The predicted octanol–water partition coefficient (Wildman–Crippen LogP) is 4.53. The molecule has 0 saturated heterocycles. The molecular weight excluding hydrogens is 180 g/mol. The number of aryl methyl sites for hydroxylation is 1. The van der Waals surface area contributed by atoms with Gasteiger partial charge in [0.25, 0.3) is 0 Å². The van der Waals surface area contributed by atoms with Gasteiger partial charge in [0.1, 0.15) is 0 Å². The molecule has 0 fully saturated rings. The summed E-state index contributed by atoms with van der Waals surface area (Å²) in [6.07, 6.45) is 9.17. The van der Waals surface area contributed by atoms with Crippen LogP contribution in [0.2, 0.25) is 0 Å². The van der Waals surface area contributed by atoms with Gasteiger partial charge >= 0.3 is 0 Å². The largest absolute Gasteiger partial charge is 0.106 e. The summed E-state index contributed by atoms with van der Waals surface area (Å²) >= 11 is 0. The maximum atomic E-state index is 3.00. The van der Waals surface area contributed by atoms with E-state index in [0.29, 0.717) is 0 Å². The van der Waals surface area contributed by atoms with Crippen molar-refractivity contribution in [1.29, 1.82) is 0 Å². The normalized spacial score (nSPS) is 13.8. The van der Waals surface area contributed by atoms with E-state index < -0.39 is 0 Å². The third-order valence-electron chi connectivity index (χ3n) is 2.45. The van der Waals surface area contributed by atoms with Crippen LogP contribution < -0.4 is 0 Å². The molecule has 0 aromatic heterocycles. The van der Waals surface area contributed by atoms with E-state index in [4.69, 9.17) is 0 Å². The summed E-state index contributed by atoms with van der Waals surface area (Å²) in [6.45, 7) is 8.17. The van der Waals surface area contributed by atoms with Gasteiger partial charge in [0.05, 0.1) is 0 Å². The average molecular weight is 198 g/mol. The molecule has 78 valence electrons. The fourth-order valence-electron chi connectivity index (χ4n) is 1.71. The zero-order valence-electron chi connectivity index (χ0n) is 9.37. The lowest BCUT2D eigenvalue weighted by Crippen LogP contribution is -1.88.